The van der Waals surface area contributed by atoms with Crippen LogP contribution in [0.5, 0.6) is 0 Å². The molecule has 1 amide bonds. The fourth-order valence-electron chi connectivity index (χ4n) is 5.44. The zero-order valence-corrected chi connectivity index (χ0v) is 23.3. The molecule has 35 heavy (non-hydrogen) atoms. The van der Waals surface area contributed by atoms with Crippen LogP contribution in [0.2, 0.25) is 0 Å². The zero-order valence-electron chi connectivity index (χ0n) is 23.3. The number of rotatable bonds is 15. The lowest BCUT2D eigenvalue weighted by molar-refractivity contribution is -0.123. The van der Waals surface area contributed by atoms with Crippen molar-refractivity contribution in [2.24, 2.45) is 17.4 Å². The number of nitrogens with zero attached hydrogens (tertiary/aromatic N) is 3. The molecule has 202 valence electrons. The number of hydrogen-bond donors (Lipinski definition) is 3. The highest BCUT2D eigenvalue weighted by Gasteiger charge is 2.45. The Morgan fingerprint density at radius 1 is 1.17 bits per heavy atom. The number of carbonyl (C=O) groups is 1. The third-order valence-electron chi connectivity index (χ3n) is 8.35. The van der Waals surface area contributed by atoms with E-state index in [1.54, 1.807) is 0 Å². The highest BCUT2D eigenvalue weighted by molar-refractivity contribution is 5.77. The molecule has 5 atom stereocenters. The summed E-state index contributed by atoms with van der Waals surface area (Å²) in [5.41, 5.74) is 12.8. The lowest BCUT2D eigenvalue weighted by Gasteiger charge is -2.44. The lowest BCUT2D eigenvalue weighted by atomic mass is 9.75. The number of carbonyl (C=O) groups excluding carboxylic acids is 1. The molecule has 1 aromatic rings. The van der Waals surface area contributed by atoms with Gasteiger partial charge in [-0.15, -0.1) is 5.10 Å². The topological polar surface area (TPSA) is 112 Å². The summed E-state index contributed by atoms with van der Waals surface area (Å²) in [6.45, 7) is 10.9. The van der Waals surface area contributed by atoms with Gasteiger partial charge in [0.25, 0.3) is 0 Å². The predicted molar refractivity (Wildman–Crippen MR) is 145 cm³/mol. The molecule has 1 aromatic heterocycles. The molecule has 5 N–H and O–H groups in total. The normalized spacial score (nSPS) is 26.8. The first-order chi connectivity index (χ1) is 16.6. The Morgan fingerprint density at radius 2 is 1.86 bits per heavy atom. The van der Waals surface area contributed by atoms with Crippen LogP contribution >= 0.6 is 0 Å². The Kier molecular flexibility index (Phi) is 12.2. The van der Waals surface area contributed by atoms with Crippen LogP contribution in [0, 0.1) is 5.92 Å². The molecule has 1 saturated carbocycles. The minimum atomic E-state index is -0.501. The molecule has 1 fully saturated rings. The molecule has 1 aliphatic rings. The molecular weight excluding hydrogens is 436 g/mol. The molecule has 0 radical (unpaired) electrons. The zero-order chi connectivity index (χ0) is 25.9. The van der Waals surface area contributed by atoms with Gasteiger partial charge in [0.1, 0.15) is 0 Å². The molecular formula is C28H54N6O. The molecule has 0 aromatic carbocycles. The Morgan fingerprint density at radius 3 is 2.57 bits per heavy atom. The highest BCUT2D eigenvalue weighted by atomic mass is 16.1. The number of nitrogens with two attached hydrogens (primary N) is 2. The van der Waals surface area contributed by atoms with Crippen molar-refractivity contribution < 1.29 is 4.79 Å². The molecule has 7 heteroatoms. The molecule has 2 rings (SSSR count). The summed E-state index contributed by atoms with van der Waals surface area (Å²) in [6.07, 6.45) is 18.2. The van der Waals surface area contributed by atoms with E-state index in [1.807, 2.05) is 24.7 Å². The van der Waals surface area contributed by atoms with Gasteiger partial charge in [-0.25, -0.2) is 4.68 Å². The Bertz CT molecular complexity index is 748. The van der Waals surface area contributed by atoms with Crippen molar-refractivity contribution in [1.29, 1.82) is 0 Å². The Labute approximate surface area is 214 Å². The Hall–Kier alpha value is -1.47. The first-order valence-electron chi connectivity index (χ1n) is 14.3. The van der Waals surface area contributed by atoms with Gasteiger partial charge in [-0.3, -0.25) is 4.79 Å². The Balaban J connectivity index is 1.71. The van der Waals surface area contributed by atoms with Crippen molar-refractivity contribution in [1.82, 2.24) is 20.3 Å². The SMILES string of the molecule is CCCCCCC(C)CCCCC(C)n1cc(CCC(=O)NC2(C)CC(N)CCCC2(C)N)nn1. The smallest absolute Gasteiger partial charge is 0.220 e. The average Bonchev–Trinajstić information content (AvgIpc) is 3.23. The van der Waals surface area contributed by atoms with E-state index in [4.69, 9.17) is 11.5 Å². The van der Waals surface area contributed by atoms with Crippen LogP contribution in [0.1, 0.15) is 136 Å². The minimum Gasteiger partial charge on any atom is -0.349 e. The quantitative estimate of drug-likeness (QED) is 0.224. The van der Waals surface area contributed by atoms with Crippen LogP contribution in [0.4, 0.5) is 0 Å². The maximum atomic E-state index is 12.8. The third kappa shape index (κ3) is 9.83. The standard InChI is InChI=1S/C28H54N6O/c1-6-7-8-9-13-22(2)14-10-11-15-23(3)34-21-25(32-33-34)17-18-26(35)31-28(5)20-24(29)16-12-19-27(28,4)30/h21-24H,6-20,29-30H2,1-5H3,(H,31,35). The van der Waals surface area contributed by atoms with E-state index in [-0.39, 0.29) is 11.9 Å². The summed E-state index contributed by atoms with van der Waals surface area (Å²) < 4.78 is 1.96. The molecule has 0 aliphatic heterocycles. The second-order valence-corrected chi connectivity index (χ2v) is 11.9. The van der Waals surface area contributed by atoms with Gasteiger partial charge in [0.2, 0.25) is 5.91 Å². The molecule has 7 nitrogen and oxygen atoms in total. The first-order valence-corrected chi connectivity index (χ1v) is 14.3. The maximum Gasteiger partial charge on any atom is 0.220 e. The van der Waals surface area contributed by atoms with Crippen LogP contribution < -0.4 is 16.8 Å². The van der Waals surface area contributed by atoms with Gasteiger partial charge in [-0.2, -0.15) is 0 Å². The van der Waals surface area contributed by atoms with E-state index in [1.165, 1.54) is 51.4 Å². The first kappa shape index (κ1) is 29.8. The van der Waals surface area contributed by atoms with Gasteiger partial charge in [-0.05, 0) is 52.4 Å². The summed E-state index contributed by atoms with van der Waals surface area (Å²) in [7, 11) is 0. The van der Waals surface area contributed by atoms with Crippen molar-refractivity contribution in [3.8, 4) is 0 Å². The van der Waals surface area contributed by atoms with Gasteiger partial charge >= 0.3 is 0 Å². The lowest BCUT2D eigenvalue weighted by Crippen LogP contribution is -2.66. The molecule has 0 spiro atoms. The summed E-state index contributed by atoms with van der Waals surface area (Å²) in [6, 6.07) is 0.398. The largest absolute Gasteiger partial charge is 0.349 e. The van der Waals surface area contributed by atoms with Crippen LogP contribution in [-0.2, 0) is 11.2 Å². The predicted octanol–water partition coefficient (Wildman–Crippen LogP) is 5.43. The fourth-order valence-corrected chi connectivity index (χ4v) is 5.44. The van der Waals surface area contributed by atoms with Crippen molar-refractivity contribution in [3.63, 3.8) is 0 Å². The number of aryl methyl sites for hydroxylation is 1. The molecule has 1 heterocycles. The number of nitrogens with one attached hydrogen (secondary N) is 1. The van der Waals surface area contributed by atoms with Gasteiger partial charge in [0, 0.05) is 30.6 Å². The van der Waals surface area contributed by atoms with Gasteiger partial charge in [0.15, 0.2) is 0 Å². The van der Waals surface area contributed by atoms with E-state index in [2.05, 4.69) is 36.4 Å². The molecule has 0 bridgehead atoms. The number of unbranched alkanes of at least 4 members (excludes halogenated alkanes) is 4. The summed E-state index contributed by atoms with van der Waals surface area (Å²) in [5, 5.41) is 11.9. The molecule has 0 saturated heterocycles. The summed E-state index contributed by atoms with van der Waals surface area (Å²) in [5.74, 6) is 0.837. The van der Waals surface area contributed by atoms with Crippen molar-refractivity contribution in [2.75, 3.05) is 0 Å². The van der Waals surface area contributed by atoms with Crippen LogP contribution in [0.25, 0.3) is 0 Å². The number of aromatic nitrogens is 3. The van der Waals surface area contributed by atoms with E-state index < -0.39 is 11.1 Å². The number of amides is 1. The van der Waals surface area contributed by atoms with Crippen LogP contribution in [0.3, 0.4) is 0 Å². The van der Waals surface area contributed by atoms with E-state index in [0.717, 1.165) is 37.3 Å². The van der Waals surface area contributed by atoms with Gasteiger partial charge in [0.05, 0.1) is 17.3 Å². The fraction of sp³-hybridized carbons (Fsp3) is 0.893. The van der Waals surface area contributed by atoms with Gasteiger partial charge < -0.3 is 16.8 Å². The van der Waals surface area contributed by atoms with Crippen LogP contribution in [-0.4, -0.2) is 38.0 Å². The second-order valence-electron chi connectivity index (χ2n) is 11.9. The minimum absolute atomic E-state index is 0.00434. The average molecular weight is 491 g/mol. The van der Waals surface area contributed by atoms with E-state index in [0.29, 0.717) is 25.3 Å². The van der Waals surface area contributed by atoms with Crippen molar-refractivity contribution in [3.05, 3.63) is 11.9 Å². The highest BCUT2D eigenvalue weighted by Crippen LogP contribution is 2.33. The van der Waals surface area contributed by atoms with Crippen molar-refractivity contribution in [2.45, 2.75) is 154 Å². The summed E-state index contributed by atoms with van der Waals surface area (Å²) >= 11 is 0. The summed E-state index contributed by atoms with van der Waals surface area (Å²) in [4.78, 5) is 12.8. The van der Waals surface area contributed by atoms with E-state index >= 15 is 0 Å². The number of hydrogen-bond acceptors (Lipinski definition) is 5. The monoisotopic (exact) mass is 490 g/mol. The molecule has 1 aliphatic carbocycles. The molecule has 5 unspecified atom stereocenters. The second kappa shape index (κ2) is 14.3. The van der Waals surface area contributed by atoms with Crippen molar-refractivity contribution >= 4 is 5.91 Å². The van der Waals surface area contributed by atoms with Crippen LogP contribution in [0.15, 0.2) is 6.20 Å². The van der Waals surface area contributed by atoms with E-state index in [9.17, 15) is 4.79 Å². The third-order valence-corrected chi connectivity index (χ3v) is 8.35. The van der Waals surface area contributed by atoms with Gasteiger partial charge in [-0.1, -0.05) is 76.8 Å². The maximum absolute atomic E-state index is 12.8.